The number of amides is 2. The third-order valence-electron chi connectivity index (χ3n) is 3.80. The molecule has 2 aromatic carbocycles. The highest BCUT2D eigenvalue weighted by atomic mass is 16.4. The van der Waals surface area contributed by atoms with Crippen LogP contribution < -0.4 is 5.32 Å². The highest BCUT2D eigenvalue weighted by molar-refractivity contribution is 5.99. The van der Waals surface area contributed by atoms with E-state index >= 15 is 0 Å². The molecule has 0 aliphatic rings. The van der Waals surface area contributed by atoms with Crippen molar-refractivity contribution >= 4 is 17.5 Å². The molecule has 0 aliphatic heterocycles. The maximum absolute atomic E-state index is 12.5. The summed E-state index contributed by atoms with van der Waals surface area (Å²) in [6.07, 6.45) is 1.24. The van der Waals surface area contributed by atoms with Gasteiger partial charge in [0.05, 0.1) is 6.54 Å². The highest BCUT2D eigenvalue weighted by Gasteiger charge is 2.15. The molecule has 7 heteroatoms. The lowest BCUT2D eigenvalue weighted by Crippen LogP contribution is -2.34. The molecule has 0 aliphatic carbocycles. The number of likely N-dealkylation sites (N-methyl/N-ethyl adjacent to an activating group) is 1. The largest absolute Gasteiger partial charge is 0.423 e. The van der Waals surface area contributed by atoms with Gasteiger partial charge in [0, 0.05) is 23.9 Å². The molecule has 0 bridgehead atoms. The van der Waals surface area contributed by atoms with Crippen LogP contribution in [0.5, 0.6) is 0 Å². The summed E-state index contributed by atoms with van der Waals surface area (Å²) in [7, 11) is 1.59. The molecule has 132 valence electrons. The van der Waals surface area contributed by atoms with Crippen molar-refractivity contribution < 1.29 is 14.0 Å². The predicted octanol–water partition coefficient (Wildman–Crippen LogP) is 2.76. The van der Waals surface area contributed by atoms with E-state index in [1.807, 2.05) is 31.2 Å². The van der Waals surface area contributed by atoms with Crippen LogP contribution in [0.2, 0.25) is 0 Å². The normalized spacial score (nSPS) is 10.4. The van der Waals surface area contributed by atoms with Crippen molar-refractivity contribution in [3.05, 3.63) is 66.1 Å². The standard InChI is InChI=1S/C19H18N4O3/c1-13-3-9-16(10-4-13)21-17(24)11-23(2)19(25)15-7-5-14(6-8-15)18-22-20-12-26-18/h3-10,12H,11H2,1-2H3,(H,21,24). The molecule has 2 amide bonds. The lowest BCUT2D eigenvalue weighted by Gasteiger charge is -2.17. The van der Waals surface area contributed by atoms with Crippen LogP contribution in [0.1, 0.15) is 15.9 Å². The Morgan fingerprint density at radius 1 is 1.08 bits per heavy atom. The molecular weight excluding hydrogens is 332 g/mol. The lowest BCUT2D eigenvalue weighted by molar-refractivity contribution is -0.116. The second-order valence-electron chi connectivity index (χ2n) is 5.90. The molecule has 0 unspecified atom stereocenters. The first-order valence-electron chi connectivity index (χ1n) is 8.01. The monoisotopic (exact) mass is 350 g/mol. The average Bonchev–Trinajstić information content (AvgIpc) is 3.18. The molecule has 3 aromatic rings. The molecular formula is C19H18N4O3. The molecule has 0 fully saturated rings. The zero-order chi connectivity index (χ0) is 18.5. The second kappa shape index (κ2) is 7.60. The van der Waals surface area contributed by atoms with Crippen molar-refractivity contribution in [2.45, 2.75) is 6.92 Å². The minimum atomic E-state index is -0.257. The summed E-state index contributed by atoms with van der Waals surface area (Å²) in [5.41, 5.74) is 3.00. The van der Waals surface area contributed by atoms with E-state index in [1.54, 1.807) is 31.3 Å². The zero-order valence-corrected chi connectivity index (χ0v) is 14.5. The van der Waals surface area contributed by atoms with Crippen molar-refractivity contribution in [1.29, 1.82) is 0 Å². The van der Waals surface area contributed by atoms with Crippen LogP contribution in [0.3, 0.4) is 0 Å². The number of aromatic nitrogens is 2. The number of rotatable bonds is 5. The summed E-state index contributed by atoms with van der Waals surface area (Å²) in [6, 6.07) is 14.2. The van der Waals surface area contributed by atoms with Gasteiger partial charge in [0.15, 0.2) is 0 Å². The van der Waals surface area contributed by atoms with E-state index in [1.165, 1.54) is 11.3 Å². The average molecular weight is 350 g/mol. The minimum absolute atomic E-state index is 0.0435. The van der Waals surface area contributed by atoms with Crippen molar-refractivity contribution in [2.24, 2.45) is 0 Å². The van der Waals surface area contributed by atoms with Gasteiger partial charge in [0.1, 0.15) is 0 Å². The summed E-state index contributed by atoms with van der Waals surface area (Å²) in [5.74, 6) is -0.122. The number of nitrogens with zero attached hydrogens (tertiary/aromatic N) is 3. The molecule has 0 spiro atoms. The molecule has 0 radical (unpaired) electrons. The number of benzene rings is 2. The number of hydrogen-bond acceptors (Lipinski definition) is 5. The van der Waals surface area contributed by atoms with E-state index in [2.05, 4.69) is 15.5 Å². The molecule has 1 N–H and O–H groups in total. The Morgan fingerprint density at radius 2 is 1.77 bits per heavy atom. The van der Waals surface area contributed by atoms with Crippen LogP contribution in [-0.4, -0.2) is 40.5 Å². The van der Waals surface area contributed by atoms with Gasteiger partial charge in [-0.25, -0.2) is 0 Å². The van der Waals surface area contributed by atoms with Crippen molar-refractivity contribution in [3.8, 4) is 11.5 Å². The van der Waals surface area contributed by atoms with Crippen molar-refractivity contribution in [3.63, 3.8) is 0 Å². The fraction of sp³-hybridized carbons (Fsp3) is 0.158. The number of nitrogens with one attached hydrogen (secondary N) is 1. The first kappa shape index (κ1) is 17.3. The number of carbonyl (C=O) groups excluding carboxylic acids is 2. The van der Waals surface area contributed by atoms with E-state index in [0.717, 1.165) is 11.1 Å². The van der Waals surface area contributed by atoms with Gasteiger partial charge in [-0.2, -0.15) is 0 Å². The van der Waals surface area contributed by atoms with Gasteiger partial charge >= 0.3 is 0 Å². The lowest BCUT2D eigenvalue weighted by atomic mass is 10.1. The highest BCUT2D eigenvalue weighted by Crippen LogP contribution is 2.17. The Balaban J connectivity index is 1.60. The van der Waals surface area contributed by atoms with Gasteiger partial charge < -0.3 is 14.6 Å². The maximum Gasteiger partial charge on any atom is 0.254 e. The molecule has 0 atom stereocenters. The van der Waals surface area contributed by atoms with Gasteiger partial charge in [-0.05, 0) is 43.3 Å². The number of carbonyl (C=O) groups is 2. The maximum atomic E-state index is 12.5. The van der Waals surface area contributed by atoms with Gasteiger partial charge in [-0.15, -0.1) is 10.2 Å². The molecule has 0 saturated carbocycles. The van der Waals surface area contributed by atoms with E-state index in [-0.39, 0.29) is 18.4 Å². The first-order valence-corrected chi connectivity index (χ1v) is 8.01. The van der Waals surface area contributed by atoms with Crippen LogP contribution >= 0.6 is 0 Å². The summed E-state index contributed by atoms with van der Waals surface area (Å²) < 4.78 is 5.11. The summed E-state index contributed by atoms with van der Waals surface area (Å²) in [6.45, 7) is 1.93. The Hall–Kier alpha value is -3.48. The van der Waals surface area contributed by atoms with E-state index in [9.17, 15) is 9.59 Å². The summed E-state index contributed by atoms with van der Waals surface area (Å²) in [4.78, 5) is 26.0. The molecule has 1 heterocycles. The topological polar surface area (TPSA) is 88.3 Å². The third-order valence-corrected chi connectivity index (χ3v) is 3.80. The number of aryl methyl sites for hydroxylation is 1. The van der Waals surface area contributed by atoms with Crippen LogP contribution in [0.4, 0.5) is 5.69 Å². The fourth-order valence-corrected chi connectivity index (χ4v) is 2.40. The molecule has 26 heavy (non-hydrogen) atoms. The Bertz CT molecular complexity index is 888. The number of anilines is 1. The summed E-state index contributed by atoms with van der Waals surface area (Å²) in [5, 5.41) is 10.2. The Kier molecular flexibility index (Phi) is 5.07. The van der Waals surface area contributed by atoms with Crippen LogP contribution in [0, 0.1) is 6.92 Å². The predicted molar refractivity (Wildman–Crippen MR) is 96.5 cm³/mol. The smallest absolute Gasteiger partial charge is 0.254 e. The van der Waals surface area contributed by atoms with Gasteiger partial charge in [0.25, 0.3) is 5.91 Å². The van der Waals surface area contributed by atoms with Gasteiger partial charge in [-0.1, -0.05) is 17.7 Å². The van der Waals surface area contributed by atoms with Crippen molar-refractivity contribution in [1.82, 2.24) is 15.1 Å². The molecule has 0 saturated heterocycles. The first-order chi connectivity index (χ1) is 12.5. The Morgan fingerprint density at radius 3 is 2.38 bits per heavy atom. The zero-order valence-electron chi connectivity index (χ0n) is 14.5. The number of hydrogen-bond donors (Lipinski definition) is 1. The van der Waals surface area contributed by atoms with E-state index in [0.29, 0.717) is 17.1 Å². The summed E-state index contributed by atoms with van der Waals surface area (Å²) >= 11 is 0. The molecule has 3 rings (SSSR count). The van der Waals surface area contributed by atoms with Crippen LogP contribution in [0.15, 0.2) is 59.3 Å². The quantitative estimate of drug-likeness (QED) is 0.764. The van der Waals surface area contributed by atoms with Crippen molar-refractivity contribution in [2.75, 3.05) is 18.9 Å². The molecule has 1 aromatic heterocycles. The fourth-order valence-electron chi connectivity index (χ4n) is 2.40. The Labute approximate surface area is 150 Å². The second-order valence-corrected chi connectivity index (χ2v) is 5.90. The molecule has 7 nitrogen and oxygen atoms in total. The minimum Gasteiger partial charge on any atom is -0.423 e. The van der Waals surface area contributed by atoms with Crippen LogP contribution in [0.25, 0.3) is 11.5 Å². The van der Waals surface area contributed by atoms with E-state index < -0.39 is 0 Å². The third kappa shape index (κ3) is 4.13. The van der Waals surface area contributed by atoms with E-state index in [4.69, 9.17) is 4.42 Å². The van der Waals surface area contributed by atoms with Gasteiger partial charge in [0.2, 0.25) is 18.2 Å². The SMILES string of the molecule is Cc1ccc(NC(=O)CN(C)C(=O)c2ccc(-c3nnco3)cc2)cc1. The van der Waals surface area contributed by atoms with Gasteiger partial charge in [-0.3, -0.25) is 9.59 Å². The van der Waals surface area contributed by atoms with Crippen LogP contribution in [-0.2, 0) is 4.79 Å².